The molecule has 1 amide bonds. The van der Waals surface area contributed by atoms with Crippen molar-refractivity contribution in [1.82, 2.24) is 25.0 Å². The lowest BCUT2D eigenvalue weighted by Crippen LogP contribution is -2.41. The van der Waals surface area contributed by atoms with Gasteiger partial charge in [0.1, 0.15) is 28.9 Å². The average molecular weight is 602 g/mol. The van der Waals surface area contributed by atoms with Gasteiger partial charge in [-0.2, -0.15) is 14.8 Å². The Balaban J connectivity index is 1.30. The Kier molecular flexibility index (Phi) is 8.21. The highest BCUT2D eigenvalue weighted by atomic mass is 19.2. The number of nitrogens with two attached hydrogens (primary N) is 1. The summed E-state index contributed by atoms with van der Waals surface area (Å²) in [6.45, 7) is 2.53. The average Bonchev–Trinajstić information content (AvgIpc) is 3.43. The van der Waals surface area contributed by atoms with Crippen molar-refractivity contribution < 1.29 is 22.7 Å². The van der Waals surface area contributed by atoms with Crippen molar-refractivity contribution in [3.8, 4) is 28.8 Å². The van der Waals surface area contributed by atoms with Gasteiger partial charge in [0, 0.05) is 24.7 Å². The van der Waals surface area contributed by atoms with Crippen molar-refractivity contribution >= 4 is 22.5 Å². The van der Waals surface area contributed by atoms with Crippen LogP contribution in [0.15, 0.2) is 60.4 Å². The topological polar surface area (TPSA) is 122 Å². The highest BCUT2D eigenvalue weighted by molar-refractivity contribution is 6.01. The number of amides is 1. The van der Waals surface area contributed by atoms with E-state index in [0.717, 1.165) is 38.1 Å². The molecular weight excluding hydrogens is 571 g/mol. The van der Waals surface area contributed by atoms with E-state index in [1.54, 1.807) is 21.9 Å². The number of ether oxygens (including phenoxy) is 1. The van der Waals surface area contributed by atoms with E-state index in [4.69, 9.17) is 15.6 Å². The van der Waals surface area contributed by atoms with Crippen molar-refractivity contribution in [1.29, 1.82) is 5.26 Å². The van der Waals surface area contributed by atoms with Crippen LogP contribution in [0.1, 0.15) is 31.7 Å². The molecule has 2 aliphatic heterocycles. The van der Waals surface area contributed by atoms with E-state index in [-0.39, 0.29) is 46.2 Å². The van der Waals surface area contributed by atoms with Crippen LogP contribution in [0.3, 0.4) is 0 Å². The van der Waals surface area contributed by atoms with Crippen molar-refractivity contribution in [2.24, 2.45) is 5.92 Å². The number of carbonyl (C=O) groups excluding carboxylic acids is 1. The molecule has 0 bridgehead atoms. The number of hydrogen-bond acceptors (Lipinski definition) is 7. The van der Waals surface area contributed by atoms with E-state index in [1.807, 2.05) is 0 Å². The van der Waals surface area contributed by atoms with E-state index in [2.05, 4.69) is 16.4 Å². The predicted octanol–water partition coefficient (Wildman–Crippen LogP) is 5.50. The highest BCUT2D eigenvalue weighted by Gasteiger charge is 2.30. The van der Waals surface area contributed by atoms with Crippen LogP contribution in [0, 0.1) is 34.7 Å². The van der Waals surface area contributed by atoms with Crippen molar-refractivity contribution in [2.75, 3.05) is 31.9 Å². The maximum atomic E-state index is 15.6. The first-order chi connectivity index (χ1) is 21.3. The van der Waals surface area contributed by atoms with E-state index >= 15 is 4.39 Å². The van der Waals surface area contributed by atoms with Gasteiger partial charge in [0.05, 0.1) is 35.0 Å². The Morgan fingerprint density at radius 1 is 1.11 bits per heavy atom. The lowest BCUT2D eigenvalue weighted by Gasteiger charge is -2.33. The van der Waals surface area contributed by atoms with Gasteiger partial charge in [-0.1, -0.05) is 12.1 Å². The molecule has 0 radical (unpaired) electrons. The zero-order valence-electron chi connectivity index (χ0n) is 23.8. The van der Waals surface area contributed by atoms with Gasteiger partial charge in [-0.25, -0.2) is 8.78 Å². The number of halogens is 3. The summed E-state index contributed by atoms with van der Waals surface area (Å²) in [6.07, 6.45) is 8.00. The molecule has 4 aromatic rings. The minimum Gasteiger partial charge on any atom is -0.454 e. The number of nitriles is 1. The van der Waals surface area contributed by atoms with Crippen LogP contribution in [0.2, 0.25) is 0 Å². The van der Waals surface area contributed by atoms with Crippen LogP contribution >= 0.6 is 0 Å². The number of nitrogen functional groups attached to an aromatic ring is 1. The van der Waals surface area contributed by atoms with Gasteiger partial charge >= 0.3 is 0 Å². The lowest BCUT2D eigenvalue weighted by molar-refractivity contribution is -0.128. The molecule has 2 saturated heterocycles. The van der Waals surface area contributed by atoms with Crippen molar-refractivity contribution in [2.45, 2.75) is 31.7 Å². The Morgan fingerprint density at radius 2 is 1.93 bits per heavy atom. The van der Waals surface area contributed by atoms with Gasteiger partial charge in [0.2, 0.25) is 5.82 Å². The molecule has 6 rings (SSSR count). The Bertz CT molecular complexity index is 1790. The smallest absolute Gasteiger partial charge is 0.264 e. The fourth-order valence-corrected chi connectivity index (χ4v) is 5.93. The van der Waals surface area contributed by atoms with Gasteiger partial charge in [0.25, 0.3) is 5.91 Å². The molecule has 0 saturated carbocycles. The molecule has 0 spiro atoms. The molecule has 2 aromatic carbocycles. The van der Waals surface area contributed by atoms with E-state index in [9.17, 15) is 18.8 Å². The number of hydrogen-bond donors (Lipinski definition) is 2. The van der Waals surface area contributed by atoms with Gasteiger partial charge in [0.15, 0.2) is 11.6 Å². The van der Waals surface area contributed by atoms with Crippen LogP contribution in [-0.2, 0) is 4.79 Å². The number of pyridine rings is 1. The molecule has 44 heavy (non-hydrogen) atoms. The number of fused-ring (bicyclic) bond motifs is 1. The quantitative estimate of drug-likeness (QED) is 0.221. The molecule has 1 atom stereocenters. The highest BCUT2D eigenvalue weighted by Crippen LogP contribution is 2.38. The summed E-state index contributed by atoms with van der Waals surface area (Å²) in [5.74, 6) is -3.48. The maximum Gasteiger partial charge on any atom is 0.264 e. The summed E-state index contributed by atoms with van der Waals surface area (Å²) in [5.41, 5.74) is 7.74. The molecule has 9 nitrogen and oxygen atoms in total. The third kappa shape index (κ3) is 5.70. The normalized spacial score (nSPS) is 17.9. The van der Waals surface area contributed by atoms with Gasteiger partial charge < -0.3 is 20.7 Å². The summed E-state index contributed by atoms with van der Waals surface area (Å²) < 4.78 is 50.4. The van der Waals surface area contributed by atoms with Gasteiger partial charge in [-0.3, -0.25) is 14.5 Å². The Hall–Kier alpha value is -4.89. The number of benzene rings is 2. The molecule has 2 fully saturated rings. The molecule has 2 aromatic heterocycles. The summed E-state index contributed by atoms with van der Waals surface area (Å²) in [4.78, 5) is 19.3. The first-order valence-electron chi connectivity index (χ1n) is 14.5. The number of nitrogens with zero attached hydrogens (tertiary/aromatic N) is 5. The van der Waals surface area contributed by atoms with Crippen molar-refractivity contribution in [3.63, 3.8) is 0 Å². The standard InChI is InChI=1S/C32H30F3N7O2/c33-24-4-1-5-28(30(24)35)44-22-6-7-23(25(34)14-22)31-29-26(37)16-39-17-27(29)42(40-31)21-3-2-12-41(18-21)32(43)20(15-36)13-19-8-10-38-11-9-19/h1,4-7,13-14,16-17,19,21,38H,2-3,8-12,18,37H2. The predicted molar refractivity (Wildman–Crippen MR) is 158 cm³/mol. The minimum absolute atomic E-state index is 0.0265. The second kappa shape index (κ2) is 12.4. The number of likely N-dealkylation sites (tertiary alicyclic amines) is 1. The fourth-order valence-electron chi connectivity index (χ4n) is 5.93. The number of piperidine rings is 2. The van der Waals surface area contributed by atoms with Crippen molar-refractivity contribution in [3.05, 3.63) is 77.9 Å². The zero-order valence-corrected chi connectivity index (χ0v) is 23.8. The van der Waals surface area contributed by atoms with Gasteiger partial charge in [-0.05, 0) is 69.0 Å². The van der Waals surface area contributed by atoms with Crippen LogP contribution < -0.4 is 15.8 Å². The molecule has 1 unspecified atom stereocenters. The number of aromatic nitrogens is 3. The third-order valence-corrected chi connectivity index (χ3v) is 8.15. The van der Waals surface area contributed by atoms with Crippen LogP contribution in [0.25, 0.3) is 22.2 Å². The van der Waals surface area contributed by atoms with Crippen LogP contribution in [-0.4, -0.2) is 51.8 Å². The fraction of sp³-hybridized carbons (Fsp3) is 0.312. The summed E-state index contributed by atoms with van der Waals surface area (Å²) in [7, 11) is 0. The molecule has 12 heteroatoms. The second-order valence-corrected chi connectivity index (χ2v) is 11.0. The molecule has 4 heterocycles. The largest absolute Gasteiger partial charge is 0.454 e. The SMILES string of the molecule is N#CC(=CC1CCNCC1)C(=O)N1CCCC(n2nc(-c3ccc(Oc4cccc(F)c4F)cc3F)c3c(N)cncc32)C1. The Labute approximate surface area is 251 Å². The van der Waals surface area contributed by atoms with E-state index in [1.165, 1.54) is 30.5 Å². The molecule has 0 aliphatic carbocycles. The summed E-state index contributed by atoms with van der Waals surface area (Å²) >= 11 is 0. The monoisotopic (exact) mass is 601 g/mol. The second-order valence-electron chi connectivity index (χ2n) is 11.0. The lowest BCUT2D eigenvalue weighted by atomic mass is 9.95. The third-order valence-electron chi connectivity index (χ3n) is 8.15. The summed E-state index contributed by atoms with van der Waals surface area (Å²) in [5, 5.41) is 18.4. The minimum atomic E-state index is -1.18. The number of nitrogens with one attached hydrogen (secondary N) is 1. The first kappa shape index (κ1) is 29.2. The van der Waals surface area contributed by atoms with Gasteiger partial charge in [-0.15, -0.1) is 0 Å². The zero-order chi connectivity index (χ0) is 30.8. The molecule has 226 valence electrons. The number of allylic oxidation sites excluding steroid dienone is 1. The Morgan fingerprint density at radius 3 is 2.70 bits per heavy atom. The number of anilines is 1. The summed E-state index contributed by atoms with van der Waals surface area (Å²) in [6, 6.07) is 9.28. The number of rotatable bonds is 6. The molecule has 2 aliphatic rings. The number of carbonyl (C=O) groups is 1. The van der Waals surface area contributed by atoms with E-state index < -0.39 is 17.5 Å². The van der Waals surface area contributed by atoms with Crippen LogP contribution in [0.4, 0.5) is 18.9 Å². The first-order valence-corrected chi connectivity index (χ1v) is 14.5. The van der Waals surface area contributed by atoms with Crippen LogP contribution in [0.5, 0.6) is 11.5 Å². The maximum absolute atomic E-state index is 15.6. The molecular formula is C32H30F3N7O2. The van der Waals surface area contributed by atoms with E-state index in [0.29, 0.717) is 42.5 Å². The molecule has 3 N–H and O–H groups in total.